The first kappa shape index (κ1) is 17.8. The molecule has 2 aromatic heterocycles. The third-order valence-electron chi connectivity index (χ3n) is 3.62. The van der Waals surface area contributed by atoms with Crippen molar-refractivity contribution < 1.29 is 19.1 Å². The number of nitrogens with zero attached hydrogens (tertiary/aromatic N) is 1. The van der Waals surface area contributed by atoms with Crippen molar-refractivity contribution in [2.24, 2.45) is 0 Å². The SMILES string of the molecule is O=C(CNC(=O)c1ccc2c(c1)OCO2)Nc1nc(-c2ccc(Cl)s2)cs1. The summed E-state index contributed by atoms with van der Waals surface area (Å²) < 4.78 is 11.1. The van der Waals surface area contributed by atoms with Gasteiger partial charge >= 0.3 is 0 Å². The average Bonchev–Trinajstić information content (AvgIpc) is 3.39. The van der Waals surface area contributed by atoms with Crippen LogP contribution < -0.4 is 20.1 Å². The van der Waals surface area contributed by atoms with Crippen molar-refractivity contribution in [3.63, 3.8) is 0 Å². The highest BCUT2D eigenvalue weighted by molar-refractivity contribution is 7.20. The normalized spacial score (nSPS) is 12.0. The fourth-order valence-corrected chi connectivity index (χ4v) is 4.17. The minimum atomic E-state index is -0.378. The molecule has 2 amide bonds. The van der Waals surface area contributed by atoms with Crippen LogP contribution in [-0.4, -0.2) is 30.1 Å². The van der Waals surface area contributed by atoms with E-state index >= 15 is 0 Å². The largest absolute Gasteiger partial charge is 0.454 e. The maximum atomic E-state index is 12.2. The summed E-state index contributed by atoms with van der Waals surface area (Å²) in [6, 6.07) is 8.52. The number of carbonyl (C=O) groups is 2. The number of ether oxygens (including phenoxy) is 2. The van der Waals surface area contributed by atoms with E-state index in [1.807, 2.05) is 11.4 Å². The van der Waals surface area contributed by atoms with Crippen molar-refractivity contribution in [1.29, 1.82) is 0 Å². The molecule has 10 heteroatoms. The molecule has 0 saturated carbocycles. The second-order valence-electron chi connectivity index (χ2n) is 5.44. The Balaban J connectivity index is 1.32. The number of halogens is 1. The number of amides is 2. The first-order valence-corrected chi connectivity index (χ1v) is 9.85. The van der Waals surface area contributed by atoms with Gasteiger partial charge in [-0.05, 0) is 30.3 Å². The van der Waals surface area contributed by atoms with Crippen molar-refractivity contribution >= 4 is 51.2 Å². The number of hydrogen-bond donors (Lipinski definition) is 2. The van der Waals surface area contributed by atoms with Gasteiger partial charge in [-0.15, -0.1) is 22.7 Å². The zero-order valence-corrected chi connectivity index (χ0v) is 16.0. The van der Waals surface area contributed by atoms with E-state index in [-0.39, 0.29) is 25.2 Å². The van der Waals surface area contributed by atoms with Crippen LogP contribution >= 0.6 is 34.3 Å². The number of fused-ring (bicyclic) bond motifs is 1. The Morgan fingerprint density at radius 2 is 2.04 bits per heavy atom. The molecule has 27 heavy (non-hydrogen) atoms. The van der Waals surface area contributed by atoms with Crippen LogP contribution in [0.25, 0.3) is 10.6 Å². The highest BCUT2D eigenvalue weighted by Crippen LogP contribution is 2.33. The van der Waals surface area contributed by atoms with Crippen LogP contribution in [-0.2, 0) is 4.79 Å². The van der Waals surface area contributed by atoms with Crippen LogP contribution in [0.4, 0.5) is 5.13 Å². The molecule has 0 spiro atoms. The molecule has 3 aromatic rings. The lowest BCUT2D eigenvalue weighted by Gasteiger charge is -2.06. The van der Waals surface area contributed by atoms with Gasteiger partial charge in [0, 0.05) is 10.9 Å². The maximum Gasteiger partial charge on any atom is 0.251 e. The molecule has 0 aliphatic carbocycles. The standard InChI is InChI=1S/C17H12ClN3O4S2/c18-14-4-3-13(27-14)10-7-26-17(20-10)21-15(22)6-19-16(23)9-1-2-11-12(5-9)25-8-24-11/h1-5,7H,6,8H2,(H,19,23)(H,20,21,22). The van der Waals surface area contributed by atoms with E-state index in [1.165, 1.54) is 22.7 Å². The summed E-state index contributed by atoms with van der Waals surface area (Å²) in [6.45, 7) is -0.0384. The smallest absolute Gasteiger partial charge is 0.251 e. The molecule has 0 unspecified atom stereocenters. The second kappa shape index (κ2) is 7.55. The van der Waals surface area contributed by atoms with Crippen molar-refractivity contribution in [2.45, 2.75) is 0 Å². The Bertz CT molecular complexity index is 1020. The van der Waals surface area contributed by atoms with Crippen molar-refractivity contribution in [3.05, 3.63) is 45.6 Å². The Morgan fingerprint density at radius 3 is 2.85 bits per heavy atom. The fraction of sp³-hybridized carbons (Fsp3) is 0.118. The van der Waals surface area contributed by atoms with E-state index in [9.17, 15) is 9.59 Å². The van der Waals surface area contributed by atoms with E-state index in [2.05, 4.69) is 15.6 Å². The molecule has 0 saturated heterocycles. The Hall–Kier alpha value is -2.62. The molecular weight excluding hydrogens is 410 g/mol. The van der Waals surface area contributed by atoms with Crippen molar-refractivity contribution in [3.8, 4) is 22.1 Å². The molecule has 2 N–H and O–H groups in total. The van der Waals surface area contributed by atoms with E-state index in [4.69, 9.17) is 21.1 Å². The van der Waals surface area contributed by atoms with Gasteiger partial charge in [-0.1, -0.05) is 11.6 Å². The predicted octanol–water partition coefficient (Wildman–Crippen LogP) is 3.62. The summed E-state index contributed by atoms with van der Waals surface area (Å²) in [6.07, 6.45) is 0. The first-order chi connectivity index (χ1) is 13.1. The molecule has 3 heterocycles. The van der Waals surface area contributed by atoms with Gasteiger partial charge in [0.05, 0.1) is 21.5 Å². The lowest BCUT2D eigenvalue weighted by Crippen LogP contribution is -2.32. The van der Waals surface area contributed by atoms with Gasteiger partial charge in [-0.25, -0.2) is 4.98 Å². The molecule has 0 radical (unpaired) electrons. The van der Waals surface area contributed by atoms with Crippen LogP contribution in [0.15, 0.2) is 35.7 Å². The zero-order chi connectivity index (χ0) is 18.8. The summed E-state index contributed by atoms with van der Waals surface area (Å²) in [7, 11) is 0. The molecule has 7 nitrogen and oxygen atoms in total. The molecule has 0 fully saturated rings. The molecule has 1 aliphatic heterocycles. The Labute approximate surface area is 166 Å². The number of thiazole rings is 1. The van der Waals surface area contributed by atoms with Crippen LogP contribution in [0.3, 0.4) is 0 Å². The van der Waals surface area contributed by atoms with Gasteiger partial charge in [0.1, 0.15) is 0 Å². The van der Waals surface area contributed by atoms with Crippen molar-refractivity contribution in [2.75, 3.05) is 18.7 Å². The third-order valence-corrected chi connectivity index (χ3v) is 5.63. The molecule has 138 valence electrons. The molecule has 1 aromatic carbocycles. The van der Waals surface area contributed by atoms with E-state index in [0.29, 0.717) is 26.5 Å². The van der Waals surface area contributed by atoms with Crippen molar-refractivity contribution in [1.82, 2.24) is 10.3 Å². The highest BCUT2D eigenvalue weighted by Gasteiger charge is 2.17. The number of rotatable bonds is 5. The van der Waals surface area contributed by atoms with Gasteiger partial charge in [0.25, 0.3) is 5.91 Å². The van der Waals surface area contributed by atoms with E-state index in [0.717, 1.165) is 10.6 Å². The summed E-state index contributed by atoms with van der Waals surface area (Å²) in [5.41, 5.74) is 1.13. The number of thiophene rings is 1. The van der Waals surface area contributed by atoms with E-state index < -0.39 is 0 Å². The topological polar surface area (TPSA) is 89.6 Å². The monoisotopic (exact) mass is 421 g/mol. The van der Waals surface area contributed by atoms with Gasteiger partial charge in [0.15, 0.2) is 16.6 Å². The first-order valence-electron chi connectivity index (χ1n) is 7.77. The van der Waals surface area contributed by atoms with Gasteiger partial charge in [0.2, 0.25) is 12.7 Å². The zero-order valence-electron chi connectivity index (χ0n) is 13.7. The molecule has 0 atom stereocenters. The maximum absolute atomic E-state index is 12.2. The summed E-state index contributed by atoms with van der Waals surface area (Å²) in [5.74, 6) is 0.359. The van der Waals surface area contributed by atoms with Crippen LogP contribution in [0.5, 0.6) is 11.5 Å². The highest BCUT2D eigenvalue weighted by atomic mass is 35.5. The van der Waals surface area contributed by atoms with Crippen LogP contribution in [0.2, 0.25) is 4.34 Å². The third kappa shape index (κ3) is 4.05. The lowest BCUT2D eigenvalue weighted by atomic mass is 10.2. The minimum absolute atomic E-state index is 0.135. The van der Waals surface area contributed by atoms with Gasteiger partial charge in [-0.3, -0.25) is 9.59 Å². The number of anilines is 1. The van der Waals surface area contributed by atoms with E-state index in [1.54, 1.807) is 24.3 Å². The minimum Gasteiger partial charge on any atom is -0.454 e. The Morgan fingerprint density at radius 1 is 1.19 bits per heavy atom. The molecule has 4 rings (SSSR count). The predicted molar refractivity (Wildman–Crippen MR) is 104 cm³/mol. The quantitative estimate of drug-likeness (QED) is 0.656. The number of benzene rings is 1. The number of carbonyl (C=O) groups excluding carboxylic acids is 2. The summed E-state index contributed by atoms with van der Waals surface area (Å²) >= 11 is 8.64. The summed E-state index contributed by atoms with van der Waals surface area (Å²) in [4.78, 5) is 29.5. The lowest BCUT2D eigenvalue weighted by molar-refractivity contribution is -0.115. The molecular formula is C17H12ClN3O4S2. The molecule has 0 bridgehead atoms. The molecule has 1 aliphatic rings. The Kier molecular flexibility index (Phi) is 4.97. The van der Waals surface area contributed by atoms with Crippen LogP contribution in [0.1, 0.15) is 10.4 Å². The average molecular weight is 422 g/mol. The number of hydrogen-bond acceptors (Lipinski definition) is 7. The summed E-state index contributed by atoms with van der Waals surface area (Å²) in [5, 5.41) is 7.53. The second-order valence-corrected chi connectivity index (χ2v) is 8.01. The van der Waals surface area contributed by atoms with Gasteiger partial charge < -0.3 is 20.1 Å². The number of nitrogens with one attached hydrogen (secondary N) is 2. The fourth-order valence-electron chi connectivity index (χ4n) is 2.36. The van der Waals surface area contributed by atoms with Crippen LogP contribution in [0, 0.1) is 0 Å². The van der Waals surface area contributed by atoms with Gasteiger partial charge in [-0.2, -0.15) is 0 Å². The number of aromatic nitrogens is 1.